The van der Waals surface area contributed by atoms with E-state index < -0.39 is 10.0 Å². The van der Waals surface area contributed by atoms with Gasteiger partial charge in [0.2, 0.25) is 15.9 Å². The molecule has 0 saturated carbocycles. The van der Waals surface area contributed by atoms with E-state index in [0.717, 1.165) is 24.8 Å². The summed E-state index contributed by atoms with van der Waals surface area (Å²) in [6.45, 7) is 2.55. The van der Waals surface area contributed by atoms with Crippen molar-refractivity contribution in [2.24, 2.45) is 5.73 Å². The van der Waals surface area contributed by atoms with E-state index in [1.54, 1.807) is 24.3 Å². The maximum absolute atomic E-state index is 11.9. The number of nitrogens with one attached hydrogen (secondary N) is 2. The Kier molecular flexibility index (Phi) is 10.9. The third-order valence-electron chi connectivity index (χ3n) is 3.70. The van der Waals surface area contributed by atoms with E-state index in [1.165, 1.54) is 7.05 Å². The van der Waals surface area contributed by atoms with Crippen LogP contribution < -0.4 is 15.8 Å². The first kappa shape index (κ1) is 22.9. The fourth-order valence-electron chi connectivity index (χ4n) is 2.21. The molecule has 1 atom stereocenters. The fourth-order valence-corrected chi connectivity index (χ4v) is 2.94. The van der Waals surface area contributed by atoms with Crippen molar-refractivity contribution in [3.63, 3.8) is 0 Å². The van der Waals surface area contributed by atoms with Crippen molar-refractivity contribution in [3.8, 4) is 0 Å². The topological polar surface area (TPSA) is 101 Å². The van der Waals surface area contributed by atoms with Crippen LogP contribution in [0.1, 0.15) is 38.2 Å². The Bertz CT molecular complexity index is 591. The van der Waals surface area contributed by atoms with Gasteiger partial charge in [0.25, 0.3) is 0 Å². The number of rotatable bonds is 10. The van der Waals surface area contributed by atoms with E-state index in [4.69, 9.17) is 5.73 Å². The Morgan fingerprint density at radius 3 is 2.38 bits per heavy atom. The lowest BCUT2D eigenvalue weighted by Gasteiger charge is -2.16. The number of carbonyl (C=O) groups is 1. The number of hydrogen-bond acceptors (Lipinski definition) is 4. The number of aryl methyl sites for hydroxylation is 1. The Labute approximate surface area is 151 Å². The largest absolute Gasteiger partial charge is 0.352 e. The molecule has 0 spiro atoms. The molecular formula is C16H28ClN3O3S. The maximum atomic E-state index is 11.9. The van der Waals surface area contributed by atoms with E-state index in [1.807, 2.05) is 0 Å². The van der Waals surface area contributed by atoms with Crippen LogP contribution in [-0.2, 0) is 21.2 Å². The third-order valence-corrected chi connectivity index (χ3v) is 5.13. The molecule has 0 heterocycles. The van der Waals surface area contributed by atoms with Crippen molar-refractivity contribution in [1.29, 1.82) is 0 Å². The molecule has 0 bridgehead atoms. The van der Waals surface area contributed by atoms with Crippen LogP contribution in [0, 0.1) is 0 Å². The van der Waals surface area contributed by atoms with Crippen molar-refractivity contribution < 1.29 is 13.2 Å². The van der Waals surface area contributed by atoms with Crippen LogP contribution in [0.2, 0.25) is 0 Å². The van der Waals surface area contributed by atoms with Gasteiger partial charge in [-0.15, -0.1) is 12.4 Å². The summed E-state index contributed by atoms with van der Waals surface area (Å²) in [6.07, 6.45) is 3.95. The predicted molar refractivity (Wildman–Crippen MR) is 98.8 cm³/mol. The normalized spacial score (nSPS) is 12.3. The lowest BCUT2D eigenvalue weighted by atomic mass is 10.1. The molecule has 1 aromatic rings. The van der Waals surface area contributed by atoms with Gasteiger partial charge in [-0.25, -0.2) is 13.1 Å². The standard InChI is InChI=1S/C16H27N3O3S.ClH/c1-3-4-5-14(12-17)19-16(20)11-8-13-6-9-15(10-7-13)23(21,22)18-2;/h6-7,9-10,14,18H,3-5,8,11-12,17H2,1-2H3,(H,19,20);1H. The van der Waals surface area contributed by atoms with Gasteiger partial charge in [-0.1, -0.05) is 31.9 Å². The first-order valence-corrected chi connectivity index (χ1v) is 9.43. The molecule has 8 heteroatoms. The lowest BCUT2D eigenvalue weighted by molar-refractivity contribution is -0.121. The van der Waals surface area contributed by atoms with Gasteiger partial charge < -0.3 is 11.1 Å². The zero-order chi connectivity index (χ0) is 17.3. The number of sulfonamides is 1. The average molecular weight is 378 g/mol. The molecule has 1 rings (SSSR count). The van der Waals surface area contributed by atoms with Gasteiger partial charge in [0.1, 0.15) is 0 Å². The maximum Gasteiger partial charge on any atom is 0.240 e. The van der Waals surface area contributed by atoms with Crippen molar-refractivity contribution in [3.05, 3.63) is 29.8 Å². The highest BCUT2D eigenvalue weighted by Gasteiger charge is 2.12. The molecule has 0 fully saturated rings. The number of nitrogens with two attached hydrogens (primary N) is 1. The van der Waals surface area contributed by atoms with E-state index in [2.05, 4.69) is 17.0 Å². The second-order valence-corrected chi connectivity index (χ2v) is 7.38. The lowest BCUT2D eigenvalue weighted by Crippen LogP contribution is -2.40. The number of hydrogen-bond donors (Lipinski definition) is 3. The molecule has 0 radical (unpaired) electrons. The summed E-state index contributed by atoms with van der Waals surface area (Å²) in [5.74, 6) is -0.0246. The highest BCUT2D eigenvalue weighted by Crippen LogP contribution is 2.11. The molecule has 24 heavy (non-hydrogen) atoms. The van der Waals surface area contributed by atoms with Crippen LogP contribution in [0.25, 0.3) is 0 Å². The van der Waals surface area contributed by atoms with E-state index in [0.29, 0.717) is 19.4 Å². The second-order valence-electron chi connectivity index (χ2n) is 5.49. The fraction of sp³-hybridized carbons (Fsp3) is 0.562. The average Bonchev–Trinajstić information content (AvgIpc) is 2.57. The van der Waals surface area contributed by atoms with Gasteiger partial charge in [0.05, 0.1) is 4.90 Å². The molecule has 4 N–H and O–H groups in total. The van der Waals surface area contributed by atoms with E-state index in [9.17, 15) is 13.2 Å². The van der Waals surface area contributed by atoms with Crippen molar-refractivity contribution in [1.82, 2.24) is 10.0 Å². The van der Waals surface area contributed by atoms with Gasteiger partial charge >= 0.3 is 0 Å². The molecule has 1 aromatic carbocycles. The number of unbranched alkanes of at least 4 members (excludes halogenated alkanes) is 1. The zero-order valence-corrected chi connectivity index (χ0v) is 15.9. The summed E-state index contributed by atoms with van der Waals surface area (Å²) in [7, 11) is -2.04. The smallest absolute Gasteiger partial charge is 0.240 e. The summed E-state index contributed by atoms with van der Waals surface area (Å²) < 4.78 is 25.5. The van der Waals surface area contributed by atoms with Crippen molar-refractivity contribution in [2.75, 3.05) is 13.6 Å². The minimum atomic E-state index is -3.42. The summed E-state index contributed by atoms with van der Waals surface area (Å²) >= 11 is 0. The van der Waals surface area contributed by atoms with Gasteiger partial charge in [0, 0.05) is 19.0 Å². The Morgan fingerprint density at radius 2 is 1.88 bits per heavy atom. The molecule has 138 valence electrons. The summed E-state index contributed by atoms with van der Waals surface area (Å²) in [5, 5.41) is 2.95. The van der Waals surface area contributed by atoms with Crippen LogP contribution >= 0.6 is 12.4 Å². The SMILES string of the molecule is CCCCC(CN)NC(=O)CCc1ccc(S(=O)(=O)NC)cc1.Cl. The molecule has 6 nitrogen and oxygen atoms in total. The number of benzene rings is 1. The molecule has 0 aromatic heterocycles. The molecule has 1 amide bonds. The molecular weight excluding hydrogens is 350 g/mol. The summed E-state index contributed by atoms with van der Waals surface area (Å²) in [5.41, 5.74) is 6.59. The molecule has 0 aliphatic rings. The Balaban J connectivity index is 0.00000529. The third kappa shape index (κ3) is 7.61. The van der Waals surface area contributed by atoms with Crippen LogP contribution in [0.3, 0.4) is 0 Å². The first-order chi connectivity index (χ1) is 10.9. The molecule has 0 aliphatic heterocycles. The Morgan fingerprint density at radius 1 is 1.25 bits per heavy atom. The number of halogens is 1. The summed E-state index contributed by atoms with van der Waals surface area (Å²) in [6, 6.07) is 6.58. The minimum absolute atomic E-state index is 0. The highest BCUT2D eigenvalue weighted by atomic mass is 35.5. The minimum Gasteiger partial charge on any atom is -0.352 e. The quantitative estimate of drug-likeness (QED) is 0.576. The van der Waals surface area contributed by atoms with Crippen LogP contribution in [0.5, 0.6) is 0 Å². The predicted octanol–water partition coefficient (Wildman–Crippen LogP) is 1.58. The van der Waals surface area contributed by atoms with Gasteiger partial charge in [-0.2, -0.15) is 0 Å². The molecule has 1 unspecified atom stereocenters. The summed E-state index contributed by atoms with van der Waals surface area (Å²) in [4.78, 5) is 12.2. The van der Waals surface area contributed by atoms with Gasteiger partial charge in [-0.3, -0.25) is 4.79 Å². The van der Waals surface area contributed by atoms with Gasteiger partial charge in [0.15, 0.2) is 0 Å². The van der Waals surface area contributed by atoms with Crippen LogP contribution in [0.15, 0.2) is 29.2 Å². The van der Waals surface area contributed by atoms with Crippen molar-refractivity contribution in [2.45, 2.75) is 50.0 Å². The van der Waals surface area contributed by atoms with E-state index >= 15 is 0 Å². The zero-order valence-electron chi connectivity index (χ0n) is 14.2. The Hall–Kier alpha value is -1.15. The number of carbonyl (C=O) groups excluding carboxylic acids is 1. The van der Waals surface area contributed by atoms with Crippen LogP contribution in [0.4, 0.5) is 0 Å². The monoisotopic (exact) mass is 377 g/mol. The molecule has 0 saturated heterocycles. The van der Waals surface area contributed by atoms with E-state index in [-0.39, 0.29) is 29.3 Å². The van der Waals surface area contributed by atoms with Crippen molar-refractivity contribution >= 4 is 28.3 Å². The number of amides is 1. The molecule has 0 aliphatic carbocycles. The highest BCUT2D eigenvalue weighted by molar-refractivity contribution is 7.89. The second kappa shape index (κ2) is 11.4. The van der Waals surface area contributed by atoms with Gasteiger partial charge in [-0.05, 0) is 37.6 Å². The van der Waals surface area contributed by atoms with Crippen LogP contribution in [-0.4, -0.2) is 34.0 Å². The first-order valence-electron chi connectivity index (χ1n) is 7.94.